The number of anilines is 1. The van der Waals surface area contributed by atoms with E-state index in [9.17, 15) is 9.59 Å². The summed E-state index contributed by atoms with van der Waals surface area (Å²) in [5.41, 5.74) is 1.78. The van der Waals surface area contributed by atoms with Gasteiger partial charge in [-0.15, -0.1) is 0 Å². The summed E-state index contributed by atoms with van der Waals surface area (Å²) in [6.45, 7) is 2.97. The third-order valence-electron chi connectivity index (χ3n) is 6.40. The van der Waals surface area contributed by atoms with E-state index in [2.05, 4.69) is 29.6 Å². The molecule has 1 aliphatic rings. The summed E-state index contributed by atoms with van der Waals surface area (Å²) in [4.78, 5) is 27.9. The van der Waals surface area contributed by atoms with Crippen molar-refractivity contribution in [3.63, 3.8) is 0 Å². The number of hydrogen-bond acceptors (Lipinski definition) is 3. The zero-order chi connectivity index (χ0) is 24.0. The molecule has 0 saturated heterocycles. The maximum absolute atomic E-state index is 13.1. The Morgan fingerprint density at radius 3 is 2.21 bits per heavy atom. The van der Waals surface area contributed by atoms with Crippen LogP contribution in [-0.4, -0.2) is 43.4 Å². The van der Waals surface area contributed by atoms with Gasteiger partial charge in [0.25, 0.3) is 5.91 Å². The van der Waals surface area contributed by atoms with E-state index >= 15 is 0 Å². The van der Waals surface area contributed by atoms with Crippen LogP contribution in [0.15, 0.2) is 42.5 Å². The van der Waals surface area contributed by atoms with Gasteiger partial charge in [-0.2, -0.15) is 0 Å². The number of nitrogens with zero attached hydrogens (tertiary/aromatic N) is 1. The standard InChI is InChI=1S/C26H33Cl2N3O2/c1-18(29-25(33)26(13-4-5-14-26)15-16-31(2)3)17-19-9-11-20(12-10-19)30-24(32)23-21(27)7-6-8-22(23)28/h6-12,18H,4-5,13-17H2,1-3H3,(H,29,33)(H,30,32). The normalized spacial score (nSPS) is 15.9. The van der Waals surface area contributed by atoms with E-state index in [-0.39, 0.29) is 28.8 Å². The Balaban J connectivity index is 1.57. The number of amides is 2. The van der Waals surface area contributed by atoms with Gasteiger partial charge in [0.15, 0.2) is 0 Å². The Hall–Kier alpha value is -2.08. The van der Waals surface area contributed by atoms with Crippen LogP contribution in [0.1, 0.15) is 54.9 Å². The van der Waals surface area contributed by atoms with Gasteiger partial charge in [-0.3, -0.25) is 9.59 Å². The van der Waals surface area contributed by atoms with E-state index < -0.39 is 0 Å². The van der Waals surface area contributed by atoms with Gasteiger partial charge < -0.3 is 15.5 Å². The van der Waals surface area contributed by atoms with Crippen molar-refractivity contribution in [3.05, 3.63) is 63.6 Å². The molecule has 2 N–H and O–H groups in total. The number of halogens is 2. The molecule has 5 nitrogen and oxygen atoms in total. The van der Waals surface area contributed by atoms with E-state index in [0.29, 0.717) is 15.7 Å². The number of benzene rings is 2. The van der Waals surface area contributed by atoms with Crippen LogP contribution in [0.5, 0.6) is 0 Å². The average Bonchev–Trinajstić information content (AvgIpc) is 3.24. The largest absolute Gasteiger partial charge is 0.353 e. The van der Waals surface area contributed by atoms with Crippen LogP contribution in [0.2, 0.25) is 10.0 Å². The van der Waals surface area contributed by atoms with Crippen molar-refractivity contribution in [1.82, 2.24) is 10.2 Å². The maximum Gasteiger partial charge on any atom is 0.258 e. The second kappa shape index (κ2) is 11.4. The van der Waals surface area contributed by atoms with Crippen LogP contribution in [-0.2, 0) is 11.2 Å². The van der Waals surface area contributed by atoms with Gasteiger partial charge in [-0.1, -0.05) is 54.2 Å². The highest BCUT2D eigenvalue weighted by molar-refractivity contribution is 6.40. The molecule has 1 fully saturated rings. The predicted octanol–water partition coefficient (Wildman–Crippen LogP) is 5.81. The van der Waals surface area contributed by atoms with Gasteiger partial charge in [0.05, 0.1) is 21.0 Å². The summed E-state index contributed by atoms with van der Waals surface area (Å²) in [5, 5.41) is 6.72. The zero-order valence-electron chi connectivity index (χ0n) is 19.6. The molecule has 2 amide bonds. The fourth-order valence-electron chi connectivity index (χ4n) is 4.49. The van der Waals surface area contributed by atoms with Crippen LogP contribution in [0.4, 0.5) is 5.69 Å². The summed E-state index contributed by atoms with van der Waals surface area (Å²) >= 11 is 12.2. The summed E-state index contributed by atoms with van der Waals surface area (Å²) in [6, 6.07) is 12.6. The highest BCUT2D eigenvalue weighted by atomic mass is 35.5. The van der Waals surface area contributed by atoms with Crippen molar-refractivity contribution >= 4 is 40.7 Å². The fourth-order valence-corrected chi connectivity index (χ4v) is 5.06. The van der Waals surface area contributed by atoms with Crippen LogP contribution >= 0.6 is 23.2 Å². The minimum Gasteiger partial charge on any atom is -0.353 e. The van der Waals surface area contributed by atoms with Gasteiger partial charge in [0, 0.05) is 11.7 Å². The Morgan fingerprint density at radius 1 is 1.03 bits per heavy atom. The van der Waals surface area contributed by atoms with Gasteiger partial charge in [0.1, 0.15) is 0 Å². The quantitative estimate of drug-likeness (QED) is 0.467. The average molecular weight is 490 g/mol. The van der Waals surface area contributed by atoms with Crippen molar-refractivity contribution in [2.75, 3.05) is 26.0 Å². The lowest BCUT2D eigenvalue weighted by Gasteiger charge is -2.30. The number of nitrogens with one attached hydrogen (secondary N) is 2. The first-order valence-electron chi connectivity index (χ1n) is 11.5. The maximum atomic E-state index is 13.1. The minimum atomic E-state index is -0.349. The van der Waals surface area contributed by atoms with Crippen LogP contribution in [0, 0.1) is 5.41 Å². The Morgan fingerprint density at radius 2 is 1.64 bits per heavy atom. The topological polar surface area (TPSA) is 61.4 Å². The van der Waals surface area contributed by atoms with Crippen LogP contribution in [0.3, 0.4) is 0 Å². The monoisotopic (exact) mass is 489 g/mol. The molecule has 0 aliphatic heterocycles. The van der Waals surface area contributed by atoms with E-state index in [1.165, 1.54) is 0 Å². The number of carbonyl (C=O) groups is 2. The second-order valence-electron chi connectivity index (χ2n) is 9.37. The lowest BCUT2D eigenvalue weighted by atomic mass is 9.81. The molecule has 0 radical (unpaired) electrons. The molecule has 3 rings (SSSR count). The fraction of sp³-hybridized carbons (Fsp3) is 0.462. The lowest BCUT2D eigenvalue weighted by Crippen LogP contribution is -2.45. The Bertz CT molecular complexity index is 950. The summed E-state index contributed by atoms with van der Waals surface area (Å²) < 4.78 is 0. The van der Waals surface area contributed by atoms with Crippen molar-refractivity contribution < 1.29 is 9.59 Å². The van der Waals surface area contributed by atoms with Gasteiger partial charge in [-0.05, 0) is 83.1 Å². The molecule has 1 saturated carbocycles. The van der Waals surface area contributed by atoms with Crippen LogP contribution in [0.25, 0.3) is 0 Å². The molecule has 178 valence electrons. The molecular formula is C26H33Cl2N3O2. The molecule has 0 heterocycles. The minimum absolute atomic E-state index is 0.0247. The van der Waals surface area contributed by atoms with E-state index in [1.807, 2.05) is 31.2 Å². The molecular weight excluding hydrogens is 457 g/mol. The molecule has 0 bridgehead atoms. The van der Waals surface area contributed by atoms with Crippen molar-refractivity contribution in [3.8, 4) is 0 Å². The van der Waals surface area contributed by atoms with Crippen molar-refractivity contribution in [2.24, 2.45) is 5.41 Å². The third kappa shape index (κ3) is 6.72. The molecule has 0 aromatic heterocycles. The summed E-state index contributed by atoms with van der Waals surface area (Å²) in [6.07, 6.45) is 5.83. The third-order valence-corrected chi connectivity index (χ3v) is 7.03. The van der Waals surface area contributed by atoms with Crippen molar-refractivity contribution in [1.29, 1.82) is 0 Å². The number of carbonyl (C=O) groups excluding carboxylic acids is 2. The summed E-state index contributed by atoms with van der Waals surface area (Å²) in [5.74, 6) is -0.159. The van der Waals surface area contributed by atoms with Gasteiger partial charge in [-0.25, -0.2) is 0 Å². The SMILES string of the molecule is CC(Cc1ccc(NC(=O)c2c(Cl)cccc2Cl)cc1)NC(=O)C1(CCN(C)C)CCCC1. The molecule has 7 heteroatoms. The Kier molecular flexibility index (Phi) is 8.80. The number of rotatable bonds is 9. The number of hydrogen-bond donors (Lipinski definition) is 2. The molecule has 33 heavy (non-hydrogen) atoms. The second-order valence-corrected chi connectivity index (χ2v) is 10.2. The van der Waals surface area contributed by atoms with Crippen molar-refractivity contribution in [2.45, 2.75) is 51.5 Å². The first-order chi connectivity index (χ1) is 15.7. The first kappa shape index (κ1) is 25.5. The van der Waals surface area contributed by atoms with Gasteiger partial charge in [0.2, 0.25) is 5.91 Å². The zero-order valence-corrected chi connectivity index (χ0v) is 21.1. The van der Waals surface area contributed by atoms with E-state index in [0.717, 1.165) is 50.6 Å². The predicted molar refractivity (Wildman–Crippen MR) is 136 cm³/mol. The van der Waals surface area contributed by atoms with E-state index in [1.54, 1.807) is 18.2 Å². The molecule has 2 aromatic carbocycles. The molecule has 1 unspecified atom stereocenters. The molecule has 2 aromatic rings. The highest BCUT2D eigenvalue weighted by Gasteiger charge is 2.40. The molecule has 1 aliphatic carbocycles. The van der Waals surface area contributed by atoms with E-state index in [4.69, 9.17) is 23.2 Å². The molecule has 0 spiro atoms. The Labute approximate surface area is 206 Å². The van der Waals surface area contributed by atoms with Crippen LogP contribution < -0.4 is 10.6 Å². The van der Waals surface area contributed by atoms with Gasteiger partial charge >= 0.3 is 0 Å². The first-order valence-corrected chi connectivity index (χ1v) is 12.3. The smallest absolute Gasteiger partial charge is 0.258 e. The lowest BCUT2D eigenvalue weighted by molar-refractivity contribution is -0.132. The molecule has 1 atom stereocenters. The summed E-state index contributed by atoms with van der Waals surface area (Å²) in [7, 11) is 4.11. The highest BCUT2D eigenvalue weighted by Crippen LogP contribution is 2.41.